The summed E-state index contributed by atoms with van der Waals surface area (Å²) in [6.45, 7) is 3.65. The second kappa shape index (κ2) is 8.95. The van der Waals surface area contributed by atoms with Crippen LogP contribution >= 0.6 is 0 Å². The Bertz CT molecular complexity index is 1370. The van der Waals surface area contributed by atoms with Gasteiger partial charge in [-0.3, -0.25) is 4.90 Å². The largest absolute Gasteiger partial charge is 0.493 e. The molecule has 210 valence electrons. The van der Waals surface area contributed by atoms with Crippen LogP contribution in [0.4, 0.5) is 0 Å². The standard InChI is InChI=1S/C34H40N2O4/c1-37-27-10-9-25-17-28-32-12-13-34(38-2,26(18-32)21-39-20-24-7-3-22(4-8-24)11-15-35)31-33(32,29(25)30(27)40-31)14-16-36(28)19-23-5-6-23/h3-4,7-10,23,26,28,31H,5-6,11-14,16-21H2,1-2H3/t26-,28-,31-,32-,33+,34-/m1/s1. The first kappa shape index (κ1) is 25.1. The predicted octanol–water partition coefficient (Wildman–Crippen LogP) is 5.20. The maximum atomic E-state index is 8.98. The third-order valence-electron chi connectivity index (χ3n) is 11.9. The highest BCUT2D eigenvalue weighted by molar-refractivity contribution is 5.63. The van der Waals surface area contributed by atoms with E-state index in [4.69, 9.17) is 24.2 Å². The lowest BCUT2D eigenvalue weighted by Crippen LogP contribution is -2.81. The number of nitrogens with zero attached hydrogens (tertiary/aromatic N) is 2. The van der Waals surface area contributed by atoms with E-state index < -0.39 is 0 Å². The molecular formula is C34H40N2O4. The highest BCUT2D eigenvalue weighted by Crippen LogP contribution is 2.76. The van der Waals surface area contributed by atoms with E-state index in [1.165, 1.54) is 36.9 Å². The van der Waals surface area contributed by atoms with Crippen molar-refractivity contribution < 1.29 is 18.9 Å². The Kier molecular flexibility index (Phi) is 5.63. The van der Waals surface area contributed by atoms with Crippen LogP contribution in [0.25, 0.3) is 0 Å². The van der Waals surface area contributed by atoms with Gasteiger partial charge in [-0.25, -0.2) is 0 Å². The molecule has 0 aromatic heterocycles. The first-order valence-electron chi connectivity index (χ1n) is 15.3. The number of ether oxygens (including phenoxy) is 4. The molecule has 40 heavy (non-hydrogen) atoms. The van der Waals surface area contributed by atoms with E-state index in [-0.39, 0.29) is 28.5 Å². The summed E-state index contributed by atoms with van der Waals surface area (Å²) in [5, 5.41) is 8.98. The van der Waals surface area contributed by atoms with Crippen LogP contribution in [0.5, 0.6) is 11.5 Å². The third-order valence-corrected chi connectivity index (χ3v) is 11.9. The first-order valence-corrected chi connectivity index (χ1v) is 15.3. The normalized spacial score (nSPS) is 36.6. The second-order valence-electron chi connectivity index (χ2n) is 13.4. The zero-order chi connectivity index (χ0) is 27.1. The highest BCUT2D eigenvalue weighted by Gasteiger charge is 2.80. The van der Waals surface area contributed by atoms with Crippen molar-refractivity contribution in [3.05, 3.63) is 58.7 Å². The number of likely N-dealkylation sites (tertiary alicyclic amines) is 1. The van der Waals surface area contributed by atoms with Gasteiger partial charge in [0, 0.05) is 42.0 Å². The zero-order valence-electron chi connectivity index (χ0n) is 23.8. The van der Waals surface area contributed by atoms with Crippen molar-refractivity contribution >= 4 is 0 Å². The molecule has 0 radical (unpaired) electrons. The van der Waals surface area contributed by atoms with Crippen molar-refractivity contribution in [2.45, 2.75) is 81.1 Å². The topological polar surface area (TPSA) is 64.0 Å². The average molecular weight is 541 g/mol. The molecule has 0 unspecified atom stereocenters. The van der Waals surface area contributed by atoms with Crippen LogP contribution < -0.4 is 9.47 Å². The maximum absolute atomic E-state index is 8.98. The van der Waals surface area contributed by atoms with Gasteiger partial charge in [-0.2, -0.15) is 5.26 Å². The fraction of sp³-hybridized carbons (Fsp3) is 0.618. The van der Waals surface area contributed by atoms with Crippen LogP contribution in [-0.4, -0.2) is 56.6 Å². The number of methoxy groups -OCH3 is 2. The van der Waals surface area contributed by atoms with Gasteiger partial charge in [0.25, 0.3) is 0 Å². The minimum atomic E-state index is -0.375. The number of hydrogen-bond acceptors (Lipinski definition) is 6. The molecule has 5 aliphatic carbocycles. The molecule has 2 spiro atoms. The summed E-state index contributed by atoms with van der Waals surface area (Å²) in [4.78, 5) is 2.89. The van der Waals surface area contributed by atoms with E-state index in [1.54, 1.807) is 7.11 Å². The van der Waals surface area contributed by atoms with Gasteiger partial charge in [-0.15, -0.1) is 0 Å². The van der Waals surface area contributed by atoms with E-state index in [1.807, 2.05) is 19.2 Å². The van der Waals surface area contributed by atoms with Crippen molar-refractivity contribution in [3.8, 4) is 17.6 Å². The van der Waals surface area contributed by atoms with Gasteiger partial charge in [0.05, 0.1) is 32.8 Å². The fourth-order valence-corrected chi connectivity index (χ4v) is 10.1. The van der Waals surface area contributed by atoms with Gasteiger partial charge in [-0.1, -0.05) is 30.3 Å². The Balaban J connectivity index is 1.16. The molecule has 7 aliphatic rings. The molecule has 4 bridgehead atoms. The maximum Gasteiger partial charge on any atom is 0.165 e. The Hall–Kier alpha value is -2.59. The highest BCUT2D eigenvalue weighted by atomic mass is 16.6. The van der Waals surface area contributed by atoms with Gasteiger partial charge in [0.2, 0.25) is 0 Å². The molecular weight excluding hydrogens is 500 g/mol. The molecule has 1 saturated heterocycles. The van der Waals surface area contributed by atoms with E-state index in [0.29, 0.717) is 25.7 Å². The van der Waals surface area contributed by atoms with Crippen molar-refractivity contribution in [3.63, 3.8) is 0 Å². The average Bonchev–Trinajstić information content (AvgIpc) is 3.72. The molecule has 6 nitrogen and oxygen atoms in total. The molecule has 5 fully saturated rings. The monoisotopic (exact) mass is 540 g/mol. The number of piperidine rings is 1. The molecule has 9 rings (SSSR count). The molecule has 6 heteroatoms. The second-order valence-corrected chi connectivity index (χ2v) is 13.4. The van der Waals surface area contributed by atoms with Gasteiger partial charge < -0.3 is 18.9 Å². The van der Waals surface area contributed by atoms with Gasteiger partial charge in [0.15, 0.2) is 11.5 Å². The molecule has 2 aromatic rings. The minimum absolute atomic E-state index is 0.0118. The molecule has 6 atom stereocenters. The molecule has 2 aromatic carbocycles. The van der Waals surface area contributed by atoms with E-state index in [0.717, 1.165) is 60.8 Å². The van der Waals surface area contributed by atoms with Crippen molar-refractivity contribution in [1.82, 2.24) is 4.90 Å². The first-order chi connectivity index (χ1) is 19.6. The van der Waals surface area contributed by atoms with Crippen molar-refractivity contribution in [2.24, 2.45) is 17.3 Å². The van der Waals surface area contributed by atoms with E-state index >= 15 is 0 Å². The number of fused-ring (bicyclic) bond motifs is 2. The molecule has 0 N–H and O–H groups in total. The molecule has 2 heterocycles. The number of benzene rings is 2. The van der Waals surface area contributed by atoms with Gasteiger partial charge in [-0.05, 0) is 80.2 Å². The molecule has 4 saturated carbocycles. The van der Waals surface area contributed by atoms with E-state index in [2.05, 4.69) is 35.2 Å². The lowest BCUT2D eigenvalue weighted by molar-refractivity contribution is -0.283. The summed E-state index contributed by atoms with van der Waals surface area (Å²) in [7, 11) is 3.67. The van der Waals surface area contributed by atoms with Gasteiger partial charge in [0.1, 0.15) is 11.7 Å². The van der Waals surface area contributed by atoms with Crippen LogP contribution in [0, 0.1) is 28.6 Å². The van der Waals surface area contributed by atoms with Crippen LogP contribution in [0.2, 0.25) is 0 Å². The summed E-state index contributed by atoms with van der Waals surface area (Å²) < 4.78 is 26.2. The zero-order valence-corrected chi connectivity index (χ0v) is 23.8. The predicted molar refractivity (Wildman–Crippen MR) is 150 cm³/mol. The summed E-state index contributed by atoms with van der Waals surface area (Å²) in [5.74, 6) is 3.02. The molecule has 2 aliphatic heterocycles. The van der Waals surface area contributed by atoms with Crippen LogP contribution in [0.3, 0.4) is 0 Å². The van der Waals surface area contributed by atoms with Crippen molar-refractivity contribution in [1.29, 1.82) is 5.26 Å². The Morgan fingerprint density at radius 1 is 1.05 bits per heavy atom. The van der Waals surface area contributed by atoms with Crippen molar-refractivity contribution in [2.75, 3.05) is 33.9 Å². The van der Waals surface area contributed by atoms with Crippen LogP contribution in [0.1, 0.15) is 60.8 Å². The number of nitriles is 1. The summed E-state index contributed by atoms with van der Waals surface area (Å²) in [6.07, 6.45) is 8.81. The Morgan fingerprint density at radius 2 is 1.88 bits per heavy atom. The third kappa shape index (κ3) is 3.20. The number of hydrogen-bond donors (Lipinski definition) is 0. The fourth-order valence-electron chi connectivity index (χ4n) is 10.1. The summed E-state index contributed by atoms with van der Waals surface area (Å²) in [6, 6.07) is 15.5. The SMILES string of the molecule is COc1ccc2c3c1O[C@H]1[C@@]4(OC)CC[C@@]5(C[C@@H]4COCc4ccc(CC#N)cc4)[C@@H](C2)N(CC2CC2)CC[C@]315. The Labute approximate surface area is 237 Å². The lowest BCUT2D eigenvalue weighted by atomic mass is 9.35. The van der Waals surface area contributed by atoms with E-state index in [9.17, 15) is 0 Å². The lowest BCUT2D eigenvalue weighted by Gasteiger charge is -2.74. The quantitative estimate of drug-likeness (QED) is 0.436. The van der Waals surface area contributed by atoms with Gasteiger partial charge >= 0.3 is 0 Å². The number of rotatable bonds is 9. The summed E-state index contributed by atoms with van der Waals surface area (Å²) in [5.41, 5.74) is 4.90. The summed E-state index contributed by atoms with van der Waals surface area (Å²) >= 11 is 0. The van der Waals surface area contributed by atoms with Crippen LogP contribution in [0.15, 0.2) is 36.4 Å². The Morgan fingerprint density at radius 3 is 2.62 bits per heavy atom. The minimum Gasteiger partial charge on any atom is -0.493 e. The smallest absolute Gasteiger partial charge is 0.165 e. The molecule has 0 amide bonds. The van der Waals surface area contributed by atoms with Crippen LogP contribution in [-0.2, 0) is 34.3 Å².